The first kappa shape index (κ1) is 17.0. The molecule has 0 aliphatic carbocycles. The van der Waals surface area contributed by atoms with Gasteiger partial charge >= 0.3 is 6.61 Å². The van der Waals surface area contributed by atoms with Crippen LogP contribution in [-0.4, -0.2) is 47.6 Å². The van der Waals surface area contributed by atoms with Crippen LogP contribution in [0.4, 0.5) is 14.5 Å². The molecule has 0 saturated carbocycles. The number of anilines is 1. The minimum Gasteiger partial charge on any atom is -0.433 e. The van der Waals surface area contributed by atoms with Crippen LogP contribution >= 0.6 is 11.8 Å². The molecule has 2 unspecified atom stereocenters. The summed E-state index contributed by atoms with van der Waals surface area (Å²) in [5, 5.41) is 3.12. The molecule has 2 rings (SSSR count). The smallest absolute Gasteiger partial charge is 0.387 e. The van der Waals surface area contributed by atoms with Gasteiger partial charge < -0.3 is 10.1 Å². The molecule has 1 N–H and O–H groups in total. The van der Waals surface area contributed by atoms with Crippen LogP contribution in [0, 0.1) is 0 Å². The number of benzene rings is 1. The summed E-state index contributed by atoms with van der Waals surface area (Å²) in [5.41, 5.74) is 0.264. The van der Waals surface area contributed by atoms with E-state index < -0.39 is 6.61 Å². The number of thioether (sulfide) groups is 1. The molecule has 1 aromatic rings. The van der Waals surface area contributed by atoms with E-state index in [0.717, 1.165) is 12.3 Å². The zero-order valence-electron chi connectivity index (χ0n) is 12.6. The summed E-state index contributed by atoms with van der Waals surface area (Å²) in [5.74, 6) is 0.738. The molecule has 2 atom stereocenters. The van der Waals surface area contributed by atoms with E-state index in [0.29, 0.717) is 11.3 Å². The number of alkyl halides is 2. The Morgan fingerprint density at radius 3 is 2.91 bits per heavy atom. The van der Waals surface area contributed by atoms with Crippen LogP contribution < -0.4 is 10.1 Å². The van der Waals surface area contributed by atoms with Gasteiger partial charge in [-0.15, -0.1) is 0 Å². The van der Waals surface area contributed by atoms with Crippen molar-refractivity contribution in [1.82, 2.24) is 4.90 Å². The van der Waals surface area contributed by atoms with E-state index in [4.69, 9.17) is 0 Å². The van der Waals surface area contributed by atoms with E-state index in [2.05, 4.69) is 28.8 Å². The molecule has 0 aromatic heterocycles. The number of para-hydroxylation sites is 2. The van der Waals surface area contributed by atoms with Crippen molar-refractivity contribution in [1.29, 1.82) is 0 Å². The van der Waals surface area contributed by atoms with Crippen molar-refractivity contribution < 1.29 is 18.3 Å². The van der Waals surface area contributed by atoms with E-state index in [-0.39, 0.29) is 23.9 Å². The van der Waals surface area contributed by atoms with Gasteiger partial charge in [0.05, 0.1) is 12.2 Å². The van der Waals surface area contributed by atoms with Crippen LogP contribution in [-0.2, 0) is 4.79 Å². The number of hydrogen-bond donors (Lipinski definition) is 1. The van der Waals surface area contributed by atoms with E-state index >= 15 is 0 Å². The van der Waals surface area contributed by atoms with Crippen molar-refractivity contribution in [2.45, 2.75) is 31.8 Å². The molecule has 0 radical (unpaired) electrons. The standard InChI is InChI=1S/C15H20F2N2O2S/c1-10-11(2)22-8-7-19(10)9-14(20)18-12-5-3-4-6-13(12)21-15(16)17/h3-6,10-11,15H,7-9H2,1-2H3,(H,18,20). The molecule has 4 nitrogen and oxygen atoms in total. The van der Waals surface area contributed by atoms with E-state index in [9.17, 15) is 13.6 Å². The highest BCUT2D eigenvalue weighted by atomic mass is 32.2. The highest BCUT2D eigenvalue weighted by Gasteiger charge is 2.26. The number of halogens is 2. The molecular formula is C15H20F2N2O2S. The summed E-state index contributed by atoms with van der Waals surface area (Å²) in [4.78, 5) is 14.3. The maximum atomic E-state index is 12.4. The van der Waals surface area contributed by atoms with Crippen molar-refractivity contribution in [2.75, 3.05) is 24.2 Å². The van der Waals surface area contributed by atoms with E-state index in [1.54, 1.807) is 18.2 Å². The Kier molecular flexibility index (Phi) is 6.02. The minimum absolute atomic E-state index is 0.0264. The molecule has 22 heavy (non-hydrogen) atoms. The van der Waals surface area contributed by atoms with Gasteiger partial charge in [-0.3, -0.25) is 9.69 Å². The third-order valence-corrected chi connectivity index (χ3v) is 5.08. The topological polar surface area (TPSA) is 41.6 Å². The Morgan fingerprint density at radius 1 is 1.45 bits per heavy atom. The third-order valence-electron chi connectivity index (χ3n) is 3.74. The van der Waals surface area contributed by atoms with Crippen molar-refractivity contribution in [2.24, 2.45) is 0 Å². The van der Waals surface area contributed by atoms with Gasteiger partial charge in [-0.2, -0.15) is 20.5 Å². The molecular weight excluding hydrogens is 310 g/mol. The predicted molar refractivity (Wildman–Crippen MR) is 84.7 cm³/mol. The summed E-state index contributed by atoms with van der Waals surface area (Å²) >= 11 is 1.89. The predicted octanol–water partition coefficient (Wildman–Crippen LogP) is 3.05. The lowest BCUT2D eigenvalue weighted by atomic mass is 10.2. The van der Waals surface area contributed by atoms with Gasteiger partial charge in [0, 0.05) is 23.6 Å². The maximum absolute atomic E-state index is 12.4. The fourth-order valence-electron chi connectivity index (χ4n) is 2.36. The van der Waals surface area contributed by atoms with Gasteiger partial charge in [0.1, 0.15) is 5.75 Å². The quantitative estimate of drug-likeness (QED) is 0.901. The zero-order valence-corrected chi connectivity index (χ0v) is 13.4. The molecule has 1 aliphatic rings. The van der Waals surface area contributed by atoms with Gasteiger partial charge in [0.15, 0.2) is 0 Å². The Hall–Kier alpha value is -1.34. The number of rotatable bonds is 5. The largest absolute Gasteiger partial charge is 0.433 e. The molecule has 1 amide bonds. The SMILES string of the molecule is CC1SCCN(CC(=O)Nc2ccccc2OC(F)F)C1C. The van der Waals surface area contributed by atoms with Crippen LogP contribution in [0.15, 0.2) is 24.3 Å². The second kappa shape index (κ2) is 7.78. The molecule has 0 bridgehead atoms. The number of ether oxygens (including phenoxy) is 1. The monoisotopic (exact) mass is 330 g/mol. The Bertz CT molecular complexity index is 516. The highest BCUT2D eigenvalue weighted by molar-refractivity contribution is 8.00. The average Bonchev–Trinajstić information content (AvgIpc) is 2.45. The van der Waals surface area contributed by atoms with Crippen LogP contribution in [0.1, 0.15) is 13.8 Å². The molecule has 1 fully saturated rings. The Balaban J connectivity index is 1.97. The summed E-state index contributed by atoms with van der Waals surface area (Å²) in [6.45, 7) is 2.41. The molecule has 1 aliphatic heterocycles. The molecule has 7 heteroatoms. The van der Waals surface area contributed by atoms with Crippen LogP contribution in [0.5, 0.6) is 5.75 Å². The first-order chi connectivity index (χ1) is 10.5. The van der Waals surface area contributed by atoms with Gasteiger partial charge in [0.2, 0.25) is 5.91 Å². The van der Waals surface area contributed by atoms with Crippen LogP contribution in [0.2, 0.25) is 0 Å². The number of carbonyl (C=O) groups is 1. The number of hydrogen-bond acceptors (Lipinski definition) is 4. The molecule has 1 aromatic carbocycles. The number of amides is 1. The lowest BCUT2D eigenvalue weighted by molar-refractivity contribution is -0.117. The normalized spacial score (nSPS) is 22.6. The van der Waals surface area contributed by atoms with Crippen LogP contribution in [0.25, 0.3) is 0 Å². The Labute approximate surface area is 133 Å². The lowest BCUT2D eigenvalue weighted by Gasteiger charge is -2.36. The fourth-order valence-corrected chi connectivity index (χ4v) is 3.52. The second-order valence-corrected chi connectivity index (χ2v) is 6.69. The van der Waals surface area contributed by atoms with E-state index in [1.807, 2.05) is 11.8 Å². The van der Waals surface area contributed by atoms with Crippen molar-refractivity contribution in [3.63, 3.8) is 0 Å². The van der Waals surface area contributed by atoms with Crippen molar-refractivity contribution >= 4 is 23.4 Å². The second-order valence-electron chi connectivity index (χ2n) is 5.21. The summed E-state index contributed by atoms with van der Waals surface area (Å²) in [6, 6.07) is 6.50. The summed E-state index contributed by atoms with van der Waals surface area (Å²) in [6.07, 6.45) is 0. The third kappa shape index (κ3) is 4.58. The maximum Gasteiger partial charge on any atom is 0.387 e. The molecule has 1 saturated heterocycles. The minimum atomic E-state index is -2.92. The molecule has 1 heterocycles. The number of carbonyl (C=O) groups excluding carboxylic acids is 1. The highest BCUT2D eigenvalue weighted by Crippen LogP contribution is 2.26. The molecule has 0 spiro atoms. The van der Waals surface area contributed by atoms with Crippen LogP contribution in [0.3, 0.4) is 0 Å². The van der Waals surface area contributed by atoms with Gasteiger partial charge in [-0.25, -0.2) is 0 Å². The summed E-state index contributed by atoms with van der Waals surface area (Å²) < 4.78 is 29.1. The number of nitrogens with one attached hydrogen (secondary N) is 1. The number of nitrogens with zero attached hydrogens (tertiary/aromatic N) is 1. The summed E-state index contributed by atoms with van der Waals surface area (Å²) in [7, 11) is 0. The first-order valence-corrected chi connectivity index (χ1v) is 8.21. The first-order valence-electron chi connectivity index (χ1n) is 7.16. The van der Waals surface area contributed by atoms with Gasteiger partial charge in [-0.1, -0.05) is 19.1 Å². The van der Waals surface area contributed by atoms with Crippen molar-refractivity contribution in [3.05, 3.63) is 24.3 Å². The molecule has 122 valence electrons. The average molecular weight is 330 g/mol. The van der Waals surface area contributed by atoms with E-state index in [1.165, 1.54) is 6.07 Å². The van der Waals surface area contributed by atoms with Gasteiger partial charge in [0.25, 0.3) is 0 Å². The Morgan fingerprint density at radius 2 is 2.18 bits per heavy atom. The zero-order chi connectivity index (χ0) is 16.1. The fraction of sp³-hybridized carbons (Fsp3) is 0.533. The lowest BCUT2D eigenvalue weighted by Crippen LogP contribution is -2.47. The van der Waals surface area contributed by atoms with Crippen molar-refractivity contribution in [3.8, 4) is 5.75 Å². The van der Waals surface area contributed by atoms with Gasteiger partial charge in [-0.05, 0) is 19.1 Å².